The van der Waals surface area contributed by atoms with Gasteiger partial charge < -0.3 is 25.1 Å². The van der Waals surface area contributed by atoms with Crippen LogP contribution >= 0.6 is 0 Å². The molecule has 0 amide bonds. The summed E-state index contributed by atoms with van der Waals surface area (Å²) < 4.78 is 14.5. The zero-order chi connectivity index (χ0) is 47.7. The van der Waals surface area contributed by atoms with Gasteiger partial charge in [-0.15, -0.1) is 0 Å². The van der Waals surface area contributed by atoms with Gasteiger partial charge in [-0.2, -0.15) is 10.2 Å². The minimum Gasteiger partial charge on any atom is -0.370 e. The number of anilines is 2. The van der Waals surface area contributed by atoms with Crippen LogP contribution in [0.15, 0.2) is 116 Å². The molecule has 0 spiro atoms. The fraction of sp³-hybridized carbons (Fsp3) is 0.236. The van der Waals surface area contributed by atoms with Gasteiger partial charge >= 0.3 is 0 Å². The summed E-state index contributed by atoms with van der Waals surface area (Å²) in [5.41, 5.74) is 16.3. The highest BCUT2D eigenvalue weighted by molar-refractivity contribution is 6.00. The summed E-state index contributed by atoms with van der Waals surface area (Å²) in [5.74, 6) is 0.958. The number of halogens is 1. The molecule has 3 fully saturated rings. The number of piperazine rings is 1. The van der Waals surface area contributed by atoms with E-state index >= 15 is 0 Å². The summed E-state index contributed by atoms with van der Waals surface area (Å²) >= 11 is 0. The van der Waals surface area contributed by atoms with Crippen LogP contribution in [0, 0.1) is 5.82 Å². The molecule has 3 aliphatic rings. The van der Waals surface area contributed by atoms with E-state index < -0.39 is 0 Å². The summed E-state index contributed by atoms with van der Waals surface area (Å²) in [5, 5.41) is 22.2. The van der Waals surface area contributed by atoms with Gasteiger partial charge in [-0.25, -0.2) is 14.4 Å². The highest BCUT2D eigenvalue weighted by atomic mass is 19.1. The fourth-order valence-corrected chi connectivity index (χ4v) is 10.9. The topological polar surface area (TPSA) is 188 Å². The van der Waals surface area contributed by atoms with Crippen molar-refractivity contribution in [3.8, 4) is 56.4 Å². The lowest BCUT2D eigenvalue weighted by Gasteiger charge is -2.35. The van der Waals surface area contributed by atoms with Crippen molar-refractivity contribution in [2.24, 2.45) is 0 Å². The minimum absolute atomic E-state index is 0.128. The third-order valence-corrected chi connectivity index (χ3v) is 14.8. The summed E-state index contributed by atoms with van der Waals surface area (Å²) in [6.45, 7) is 7.33. The number of imidazole rings is 2. The molecule has 72 heavy (non-hydrogen) atoms. The molecule has 0 aliphatic carbocycles. The molecule has 0 bridgehead atoms. The van der Waals surface area contributed by atoms with E-state index in [9.17, 15) is 4.39 Å². The lowest BCUT2D eigenvalue weighted by Crippen LogP contribution is -2.46. The highest BCUT2D eigenvalue weighted by Crippen LogP contribution is 2.39. The number of aromatic nitrogens is 12. The van der Waals surface area contributed by atoms with Crippen LogP contribution in [0.4, 0.5) is 15.8 Å². The molecule has 356 valence electrons. The number of hydrogen-bond acceptors (Lipinski definition) is 12. The molecule has 16 nitrogen and oxygen atoms in total. The van der Waals surface area contributed by atoms with Gasteiger partial charge in [0, 0.05) is 91.5 Å². The molecule has 11 aromatic rings. The van der Waals surface area contributed by atoms with Crippen LogP contribution in [-0.4, -0.2) is 111 Å². The summed E-state index contributed by atoms with van der Waals surface area (Å²) in [7, 11) is 0. The van der Waals surface area contributed by atoms with Crippen LogP contribution in [0.25, 0.3) is 100 Å². The second kappa shape index (κ2) is 17.5. The van der Waals surface area contributed by atoms with Crippen molar-refractivity contribution in [2.75, 3.05) is 55.6 Å². The Kier molecular flexibility index (Phi) is 10.3. The van der Waals surface area contributed by atoms with E-state index in [0.29, 0.717) is 35.8 Å². The molecule has 3 saturated heterocycles. The Bertz CT molecular complexity index is 3840. The monoisotopic (exact) mass is 952 g/mol. The Morgan fingerprint density at radius 1 is 0.569 bits per heavy atom. The first kappa shape index (κ1) is 42.5. The van der Waals surface area contributed by atoms with Crippen molar-refractivity contribution in [1.29, 1.82) is 0 Å². The third kappa shape index (κ3) is 7.59. The molecule has 1 unspecified atom stereocenters. The standard InChI is InChI=1S/C55H49FN16/c56-38-7-4-6-34(17-38)43-26-59-27-45-50(43)64-55(62-45)52-42-21-35(37-18-39(25-58-24-37)71-13-2-1-3-14-71)20-41(49(42)67-69-52)47-31-72(15-10-61-47)48-29-60-28-46-53(48)65-54(63-46)51-40-19-33(8-9-44(40)66-68-51)36-16-32(22-57-23-36)30-70-11-5-12-70/h4,6-9,16-29,47,61H,1-3,5,10-15,30-31H2,(H,62,64)(H,63,65)(H,66,68)(H,67,69). The summed E-state index contributed by atoms with van der Waals surface area (Å²) in [6.07, 6.45) is 19.9. The smallest absolute Gasteiger partial charge is 0.159 e. The zero-order valence-electron chi connectivity index (χ0n) is 39.3. The number of benzene rings is 3. The predicted molar refractivity (Wildman–Crippen MR) is 279 cm³/mol. The maximum Gasteiger partial charge on any atom is 0.159 e. The molecular weight excluding hydrogens is 904 g/mol. The minimum atomic E-state index is -0.319. The van der Waals surface area contributed by atoms with Crippen LogP contribution in [-0.2, 0) is 6.54 Å². The Hall–Kier alpha value is -8.41. The van der Waals surface area contributed by atoms with Gasteiger partial charge in [-0.3, -0.25) is 35.0 Å². The predicted octanol–water partition coefficient (Wildman–Crippen LogP) is 9.59. The van der Waals surface area contributed by atoms with Crippen LogP contribution < -0.4 is 15.1 Å². The lowest BCUT2D eigenvalue weighted by atomic mass is 9.95. The number of H-pyrrole nitrogens is 4. The molecule has 3 aliphatic heterocycles. The van der Waals surface area contributed by atoms with E-state index in [1.165, 1.54) is 43.4 Å². The second-order valence-corrected chi connectivity index (χ2v) is 19.4. The quantitative estimate of drug-likeness (QED) is 0.0875. The van der Waals surface area contributed by atoms with Crippen molar-refractivity contribution in [3.63, 3.8) is 0 Å². The summed E-state index contributed by atoms with van der Waals surface area (Å²) in [4.78, 5) is 43.3. The van der Waals surface area contributed by atoms with Gasteiger partial charge in [0.25, 0.3) is 0 Å². The first-order valence-corrected chi connectivity index (χ1v) is 24.8. The molecule has 17 heteroatoms. The maximum atomic E-state index is 14.5. The van der Waals surface area contributed by atoms with Crippen LogP contribution in [0.1, 0.15) is 42.9 Å². The number of piperidine rings is 1. The average Bonchev–Trinajstić information content (AvgIpc) is 4.24. The number of fused-ring (bicyclic) bond motifs is 4. The average molecular weight is 953 g/mol. The van der Waals surface area contributed by atoms with Crippen molar-refractivity contribution in [1.82, 2.24) is 70.5 Å². The molecular formula is C55H49FN16. The van der Waals surface area contributed by atoms with Crippen LogP contribution in [0.2, 0.25) is 0 Å². The van der Waals surface area contributed by atoms with Crippen LogP contribution in [0.3, 0.4) is 0 Å². The Balaban J connectivity index is 0.825. The van der Waals surface area contributed by atoms with E-state index in [-0.39, 0.29) is 11.9 Å². The highest BCUT2D eigenvalue weighted by Gasteiger charge is 2.29. The number of pyridine rings is 4. The van der Waals surface area contributed by atoms with Gasteiger partial charge in [-0.05, 0) is 115 Å². The fourth-order valence-electron chi connectivity index (χ4n) is 10.9. The Morgan fingerprint density at radius 2 is 1.38 bits per heavy atom. The molecule has 5 N–H and O–H groups in total. The third-order valence-electron chi connectivity index (χ3n) is 14.8. The molecule has 0 radical (unpaired) electrons. The van der Waals surface area contributed by atoms with E-state index in [1.807, 2.05) is 43.2 Å². The first-order valence-electron chi connectivity index (χ1n) is 24.8. The largest absolute Gasteiger partial charge is 0.370 e. The molecule has 3 aromatic carbocycles. The van der Waals surface area contributed by atoms with Gasteiger partial charge in [0.1, 0.15) is 22.7 Å². The number of nitrogens with zero attached hydrogens (tertiary/aromatic N) is 11. The van der Waals surface area contributed by atoms with Gasteiger partial charge in [0.05, 0.1) is 69.8 Å². The maximum absolute atomic E-state index is 14.5. The van der Waals surface area contributed by atoms with E-state index in [4.69, 9.17) is 30.1 Å². The van der Waals surface area contributed by atoms with Crippen molar-refractivity contribution < 1.29 is 4.39 Å². The number of aromatic amines is 4. The second-order valence-electron chi connectivity index (χ2n) is 19.4. The number of likely N-dealkylation sites (tertiary alicyclic amines) is 1. The molecule has 11 heterocycles. The summed E-state index contributed by atoms with van der Waals surface area (Å²) in [6, 6.07) is 21.7. The molecule has 14 rings (SSSR count). The van der Waals surface area contributed by atoms with Crippen molar-refractivity contribution in [2.45, 2.75) is 38.3 Å². The van der Waals surface area contributed by atoms with Crippen LogP contribution in [0.5, 0.6) is 0 Å². The van der Waals surface area contributed by atoms with Crippen molar-refractivity contribution in [3.05, 3.63) is 133 Å². The van der Waals surface area contributed by atoms with E-state index in [2.05, 4.69) is 92.6 Å². The SMILES string of the molecule is Fc1cccc(-c2cncc3[nH]c(-c4[nH]nc5c(C6CN(c7cncc8[nH]c(-c9n[nH]c%10ccc(-c%11cncc(CN%12CCC%12)c%11)cc9%10)nc78)CCN6)cc(-c6cncc(N7CCCCC7)c6)cc45)nc23)c1. The lowest BCUT2D eigenvalue weighted by molar-refractivity contribution is 0.172. The van der Waals surface area contributed by atoms with Gasteiger partial charge in [0.2, 0.25) is 0 Å². The van der Waals surface area contributed by atoms with E-state index in [0.717, 1.165) is 134 Å². The Morgan fingerprint density at radius 3 is 2.25 bits per heavy atom. The van der Waals surface area contributed by atoms with E-state index in [1.54, 1.807) is 18.5 Å². The van der Waals surface area contributed by atoms with Crippen molar-refractivity contribution >= 4 is 55.2 Å². The van der Waals surface area contributed by atoms with Gasteiger partial charge in [-0.1, -0.05) is 18.2 Å². The molecule has 0 saturated carbocycles. The number of rotatable bonds is 10. The number of hydrogen-bond donors (Lipinski definition) is 5. The molecule has 1 atom stereocenters. The Labute approximate surface area is 412 Å². The van der Waals surface area contributed by atoms with Gasteiger partial charge in [0.15, 0.2) is 11.6 Å². The molecule has 8 aromatic heterocycles. The number of nitrogens with one attached hydrogen (secondary N) is 5. The first-order chi connectivity index (χ1) is 35.5. The zero-order valence-corrected chi connectivity index (χ0v) is 39.3. The normalized spacial score (nSPS) is 16.7.